The molecule has 3 aromatic rings. The highest BCUT2D eigenvalue weighted by Crippen LogP contribution is 2.32. The van der Waals surface area contributed by atoms with E-state index in [9.17, 15) is 13.2 Å². The second kappa shape index (κ2) is 9.76. The Labute approximate surface area is 205 Å². The van der Waals surface area contributed by atoms with E-state index in [2.05, 4.69) is 10.3 Å². The molecule has 180 valence electrons. The molecule has 1 aromatic heterocycles. The van der Waals surface area contributed by atoms with Crippen LogP contribution in [0.1, 0.15) is 43.4 Å². The van der Waals surface area contributed by atoms with Crippen molar-refractivity contribution in [2.75, 3.05) is 24.7 Å². The number of hydrogen-bond acceptors (Lipinski definition) is 4. The number of nitrogens with zero attached hydrogens (tertiary/aromatic N) is 1. The molecule has 2 aromatic carbocycles. The SMILES string of the molecule is CSc1cccc(NC(=O)C2CCN(S(=O)(=O)c3ccc4[nH]c5c(c4c3)CCCCC5)CC2)c1. The fourth-order valence-corrected chi connectivity index (χ4v) is 7.13. The minimum atomic E-state index is -3.60. The zero-order valence-corrected chi connectivity index (χ0v) is 21.1. The molecular formula is C26H31N3O3S2. The quantitative estimate of drug-likeness (QED) is 0.375. The van der Waals surface area contributed by atoms with Crippen LogP contribution in [0.15, 0.2) is 52.3 Å². The summed E-state index contributed by atoms with van der Waals surface area (Å²) < 4.78 is 28.4. The van der Waals surface area contributed by atoms with E-state index in [0.717, 1.165) is 40.7 Å². The summed E-state index contributed by atoms with van der Waals surface area (Å²) in [5.41, 5.74) is 4.35. The Morgan fingerprint density at radius 1 is 1.06 bits per heavy atom. The van der Waals surface area contributed by atoms with Gasteiger partial charge in [0, 0.05) is 46.2 Å². The van der Waals surface area contributed by atoms with Gasteiger partial charge in [0.05, 0.1) is 4.90 Å². The molecule has 0 unspecified atom stereocenters. The number of carbonyl (C=O) groups excluding carboxylic acids is 1. The number of thioether (sulfide) groups is 1. The average Bonchev–Trinajstić information content (AvgIpc) is 3.03. The second-order valence-corrected chi connectivity index (χ2v) is 12.1. The smallest absolute Gasteiger partial charge is 0.243 e. The molecule has 5 rings (SSSR count). The minimum Gasteiger partial charge on any atom is -0.358 e. The molecular weight excluding hydrogens is 466 g/mol. The van der Waals surface area contributed by atoms with E-state index in [1.54, 1.807) is 17.8 Å². The van der Waals surface area contributed by atoms with E-state index in [1.165, 1.54) is 28.4 Å². The Balaban J connectivity index is 1.28. The number of sulfonamides is 1. The molecule has 2 heterocycles. The predicted octanol–water partition coefficient (Wildman–Crippen LogP) is 5.20. The first-order valence-corrected chi connectivity index (χ1v) is 14.7. The van der Waals surface area contributed by atoms with E-state index in [0.29, 0.717) is 30.8 Å². The van der Waals surface area contributed by atoms with Crippen molar-refractivity contribution in [1.29, 1.82) is 0 Å². The lowest BCUT2D eigenvalue weighted by atomic mass is 9.97. The minimum absolute atomic E-state index is 0.0354. The maximum Gasteiger partial charge on any atom is 0.243 e. The number of aromatic nitrogens is 1. The average molecular weight is 498 g/mol. The van der Waals surface area contributed by atoms with Gasteiger partial charge < -0.3 is 10.3 Å². The van der Waals surface area contributed by atoms with Crippen molar-refractivity contribution in [3.8, 4) is 0 Å². The molecule has 0 saturated carbocycles. The number of anilines is 1. The highest BCUT2D eigenvalue weighted by molar-refractivity contribution is 7.98. The maximum atomic E-state index is 13.4. The van der Waals surface area contributed by atoms with Crippen LogP contribution in [0.3, 0.4) is 0 Å². The van der Waals surface area contributed by atoms with Gasteiger partial charge in [0.15, 0.2) is 0 Å². The lowest BCUT2D eigenvalue weighted by molar-refractivity contribution is -0.120. The second-order valence-electron chi connectivity index (χ2n) is 9.25. The van der Waals surface area contributed by atoms with E-state index in [1.807, 2.05) is 42.7 Å². The lowest BCUT2D eigenvalue weighted by Gasteiger charge is -2.30. The van der Waals surface area contributed by atoms with E-state index in [4.69, 9.17) is 0 Å². The molecule has 1 saturated heterocycles. The molecule has 2 N–H and O–H groups in total. The summed E-state index contributed by atoms with van der Waals surface area (Å²) in [5.74, 6) is -0.223. The third-order valence-corrected chi connectivity index (χ3v) is 9.74. The molecule has 1 fully saturated rings. The van der Waals surface area contributed by atoms with Gasteiger partial charge in [-0.1, -0.05) is 12.5 Å². The molecule has 1 aliphatic carbocycles. The number of piperidine rings is 1. The number of hydrogen-bond donors (Lipinski definition) is 2. The van der Waals surface area contributed by atoms with Crippen molar-refractivity contribution >= 4 is 44.3 Å². The van der Waals surface area contributed by atoms with Crippen molar-refractivity contribution in [3.05, 3.63) is 53.7 Å². The van der Waals surface area contributed by atoms with Crippen LogP contribution in [0.5, 0.6) is 0 Å². The maximum absolute atomic E-state index is 13.4. The zero-order valence-electron chi connectivity index (χ0n) is 19.5. The summed E-state index contributed by atoms with van der Waals surface area (Å²) in [6.07, 6.45) is 8.62. The fourth-order valence-electron chi connectivity index (χ4n) is 5.17. The molecule has 34 heavy (non-hydrogen) atoms. The number of nitrogens with one attached hydrogen (secondary N) is 2. The van der Waals surface area contributed by atoms with E-state index >= 15 is 0 Å². The summed E-state index contributed by atoms with van der Waals surface area (Å²) >= 11 is 1.63. The summed E-state index contributed by atoms with van der Waals surface area (Å²) in [6.45, 7) is 0.711. The van der Waals surface area contributed by atoms with Gasteiger partial charge in [-0.25, -0.2) is 8.42 Å². The summed E-state index contributed by atoms with van der Waals surface area (Å²) in [6, 6.07) is 13.2. The third-order valence-electron chi connectivity index (χ3n) is 7.12. The number of fused-ring (bicyclic) bond motifs is 3. The van der Waals surface area contributed by atoms with Gasteiger partial charge in [-0.05, 0) is 86.7 Å². The molecule has 1 aliphatic heterocycles. The van der Waals surface area contributed by atoms with Crippen molar-refractivity contribution < 1.29 is 13.2 Å². The Morgan fingerprint density at radius 2 is 1.85 bits per heavy atom. The summed E-state index contributed by atoms with van der Waals surface area (Å²) in [7, 11) is -3.60. The standard InChI is InChI=1S/C26H31N3O3S2/c1-33-20-7-5-6-19(16-20)27-26(30)18-12-14-29(15-13-18)34(31,32)21-10-11-25-23(17-21)22-8-3-2-4-9-24(22)28-25/h5-7,10-11,16-18,28H,2-4,8-9,12-15H2,1H3,(H,27,30). The topological polar surface area (TPSA) is 82.3 Å². The van der Waals surface area contributed by atoms with Gasteiger partial charge in [0.25, 0.3) is 0 Å². The Kier molecular flexibility index (Phi) is 6.73. The van der Waals surface area contributed by atoms with Gasteiger partial charge >= 0.3 is 0 Å². The van der Waals surface area contributed by atoms with Crippen molar-refractivity contribution in [1.82, 2.24) is 9.29 Å². The van der Waals surface area contributed by atoms with Crippen LogP contribution in [-0.2, 0) is 27.7 Å². The number of amides is 1. The number of aromatic amines is 1. The first kappa shape index (κ1) is 23.5. The predicted molar refractivity (Wildman–Crippen MR) is 138 cm³/mol. The first-order chi connectivity index (χ1) is 16.5. The number of rotatable bonds is 5. The fraction of sp³-hybridized carbons (Fsp3) is 0.423. The van der Waals surface area contributed by atoms with Gasteiger partial charge in [-0.15, -0.1) is 11.8 Å². The molecule has 0 spiro atoms. The van der Waals surface area contributed by atoms with Crippen LogP contribution in [0.2, 0.25) is 0 Å². The molecule has 0 atom stereocenters. The molecule has 1 amide bonds. The Bertz CT molecular complexity index is 1310. The van der Waals surface area contributed by atoms with Crippen LogP contribution in [-0.4, -0.2) is 43.0 Å². The lowest BCUT2D eigenvalue weighted by Crippen LogP contribution is -2.41. The normalized spacial score (nSPS) is 17.9. The first-order valence-electron chi connectivity index (χ1n) is 12.0. The van der Waals surface area contributed by atoms with Crippen molar-refractivity contribution in [2.45, 2.75) is 54.7 Å². The third kappa shape index (κ3) is 4.63. The molecule has 0 radical (unpaired) electrons. The van der Waals surface area contributed by atoms with E-state index < -0.39 is 10.0 Å². The number of benzene rings is 2. The van der Waals surface area contributed by atoms with Gasteiger partial charge in [0.2, 0.25) is 15.9 Å². The molecule has 2 aliphatic rings. The van der Waals surface area contributed by atoms with Crippen LogP contribution in [0.4, 0.5) is 5.69 Å². The Morgan fingerprint density at radius 3 is 2.65 bits per heavy atom. The zero-order chi connectivity index (χ0) is 23.7. The highest BCUT2D eigenvalue weighted by atomic mass is 32.2. The van der Waals surface area contributed by atoms with Gasteiger partial charge in [-0.2, -0.15) is 4.31 Å². The van der Waals surface area contributed by atoms with Crippen LogP contribution in [0.25, 0.3) is 10.9 Å². The Hall–Kier alpha value is -2.29. The molecule has 6 nitrogen and oxygen atoms in total. The van der Waals surface area contributed by atoms with Crippen LogP contribution < -0.4 is 5.32 Å². The van der Waals surface area contributed by atoms with Gasteiger partial charge in [-0.3, -0.25) is 4.79 Å². The highest BCUT2D eigenvalue weighted by Gasteiger charge is 2.32. The summed E-state index contributed by atoms with van der Waals surface area (Å²) in [5, 5.41) is 4.04. The van der Waals surface area contributed by atoms with Crippen molar-refractivity contribution in [2.24, 2.45) is 5.92 Å². The van der Waals surface area contributed by atoms with Crippen LogP contribution >= 0.6 is 11.8 Å². The van der Waals surface area contributed by atoms with Crippen molar-refractivity contribution in [3.63, 3.8) is 0 Å². The monoisotopic (exact) mass is 497 g/mol. The number of aryl methyl sites for hydroxylation is 2. The molecule has 8 heteroatoms. The van der Waals surface area contributed by atoms with Gasteiger partial charge in [0.1, 0.15) is 0 Å². The summed E-state index contributed by atoms with van der Waals surface area (Å²) in [4.78, 5) is 17.7. The largest absolute Gasteiger partial charge is 0.358 e. The number of H-pyrrole nitrogens is 1. The molecule has 0 bridgehead atoms. The van der Waals surface area contributed by atoms with Crippen LogP contribution in [0, 0.1) is 5.92 Å². The van der Waals surface area contributed by atoms with E-state index in [-0.39, 0.29) is 11.8 Å². The number of carbonyl (C=O) groups is 1.